The monoisotopic (exact) mass is 1300 g/mol. The van der Waals surface area contributed by atoms with E-state index in [1.807, 2.05) is 24.3 Å². The van der Waals surface area contributed by atoms with Crippen molar-refractivity contribution in [2.24, 2.45) is 74.7 Å². The molecular weight excluding hydrogens is 1210 g/mol. The van der Waals surface area contributed by atoms with Crippen LogP contribution >= 0.6 is 0 Å². The SMILES string of the molecule is CC(=O)CC1NC(=O)CNC(=O)[C@H](CCCN=C(C)N)CC(=O)[C@H](CCCCN2C(=O)C3C4C=C[C@H](C4)C3C2=O)NC(=O)[C@@H](Cc2ccccc2)NC1=O.CC(=O)CCC(=O)[C@H](CC(C)=O)NC(=O)[C@H](CCCN=C(C)N)NC(=O)CCN1C(=O)C2C3C=C[C@H](C3)C2C1=O. The molecule has 508 valence electrons. The maximum absolute atomic E-state index is 14.1. The average Bonchev–Trinajstić information content (AvgIpc) is 1.59. The van der Waals surface area contributed by atoms with E-state index < -0.39 is 89.7 Å². The Hall–Kier alpha value is -8.91. The van der Waals surface area contributed by atoms with Gasteiger partial charge in [0.15, 0.2) is 11.6 Å². The first kappa shape index (κ1) is 72.5. The summed E-state index contributed by atoms with van der Waals surface area (Å²) in [6.07, 6.45) is 10.7. The number of fused-ring (bicyclic) bond motifs is 10. The van der Waals surface area contributed by atoms with Gasteiger partial charge in [0.25, 0.3) is 0 Å². The Morgan fingerprint density at radius 2 is 1.11 bits per heavy atom. The van der Waals surface area contributed by atoms with Gasteiger partial charge in [-0.2, -0.15) is 0 Å². The summed E-state index contributed by atoms with van der Waals surface area (Å²) in [6, 6.07) is 3.15. The largest absolute Gasteiger partial charge is 0.388 e. The molecule has 3 heterocycles. The Kier molecular flexibility index (Phi) is 26.1. The number of amides is 10. The van der Waals surface area contributed by atoms with Crippen LogP contribution in [-0.2, 0) is 78.3 Å². The molecule has 8 rings (SSSR count). The van der Waals surface area contributed by atoms with Crippen LogP contribution in [0.2, 0.25) is 0 Å². The summed E-state index contributed by atoms with van der Waals surface area (Å²) in [5.74, 6) is -7.64. The minimum atomic E-state index is -1.32. The normalized spacial score (nSPS) is 27.3. The molecule has 4 aliphatic carbocycles. The van der Waals surface area contributed by atoms with Crippen molar-refractivity contribution in [1.29, 1.82) is 0 Å². The van der Waals surface area contributed by atoms with E-state index in [1.165, 1.54) is 25.7 Å². The summed E-state index contributed by atoms with van der Waals surface area (Å²) in [4.78, 5) is 205. The van der Waals surface area contributed by atoms with Gasteiger partial charge in [0, 0.05) is 77.0 Å². The number of unbranched alkanes of at least 4 members (excludes halogenated alkanes) is 1. The third-order valence-corrected chi connectivity index (χ3v) is 18.5. The van der Waals surface area contributed by atoms with Crippen LogP contribution in [0.15, 0.2) is 64.6 Å². The first-order valence-electron chi connectivity index (χ1n) is 32.7. The summed E-state index contributed by atoms with van der Waals surface area (Å²) >= 11 is 0. The van der Waals surface area contributed by atoms with E-state index in [0.717, 1.165) is 17.7 Å². The quantitative estimate of drug-likeness (QED) is 0.0180. The number of likely N-dealkylation sites (tertiary alicyclic amines) is 2. The van der Waals surface area contributed by atoms with Crippen LogP contribution in [0.5, 0.6) is 0 Å². The molecule has 7 unspecified atom stereocenters. The molecule has 14 atom stereocenters. The number of carbonyl (C=O) groups is 15. The van der Waals surface area contributed by atoms with Gasteiger partial charge in [0.2, 0.25) is 59.1 Å². The van der Waals surface area contributed by atoms with Gasteiger partial charge in [0.05, 0.1) is 54.0 Å². The lowest BCUT2D eigenvalue weighted by Gasteiger charge is -2.26. The Bertz CT molecular complexity index is 3170. The van der Waals surface area contributed by atoms with Gasteiger partial charge in [-0.15, -0.1) is 0 Å². The predicted molar refractivity (Wildman–Crippen MR) is 342 cm³/mol. The lowest BCUT2D eigenvalue weighted by molar-refractivity contribution is -0.142. The molecule has 5 fully saturated rings. The summed E-state index contributed by atoms with van der Waals surface area (Å²) < 4.78 is 0. The fraction of sp³-hybridized carbons (Fsp3) is 0.597. The molecule has 10 amide bonds. The lowest BCUT2D eigenvalue weighted by Crippen LogP contribution is -2.57. The Morgan fingerprint density at radius 3 is 1.65 bits per heavy atom. The second-order valence-corrected chi connectivity index (χ2v) is 25.9. The first-order chi connectivity index (χ1) is 44.7. The zero-order valence-corrected chi connectivity index (χ0v) is 54.2. The maximum Gasteiger partial charge on any atom is 0.243 e. The van der Waals surface area contributed by atoms with Crippen LogP contribution in [0.1, 0.15) is 136 Å². The smallest absolute Gasteiger partial charge is 0.243 e. The summed E-state index contributed by atoms with van der Waals surface area (Å²) in [7, 11) is 0. The highest BCUT2D eigenvalue weighted by Gasteiger charge is 2.60. The topological polar surface area (TPSA) is 411 Å². The van der Waals surface area contributed by atoms with Gasteiger partial charge in [-0.1, -0.05) is 54.6 Å². The van der Waals surface area contributed by atoms with E-state index in [2.05, 4.69) is 41.9 Å². The minimum Gasteiger partial charge on any atom is -0.388 e. The van der Waals surface area contributed by atoms with Crippen molar-refractivity contribution in [3.8, 4) is 0 Å². The molecule has 27 nitrogen and oxygen atoms in total. The zero-order valence-electron chi connectivity index (χ0n) is 54.2. The van der Waals surface area contributed by atoms with Crippen LogP contribution in [0.4, 0.5) is 0 Å². The molecule has 4 bridgehead atoms. The van der Waals surface area contributed by atoms with E-state index in [0.29, 0.717) is 56.0 Å². The second kappa shape index (κ2) is 33.8. The molecule has 3 saturated heterocycles. The van der Waals surface area contributed by atoms with Crippen molar-refractivity contribution in [3.63, 3.8) is 0 Å². The van der Waals surface area contributed by atoms with Crippen molar-refractivity contribution in [3.05, 3.63) is 60.2 Å². The number of carbonyl (C=O) groups excluding carboxylic acids is 15. The molecule has 2 saturated carbocycles. The Morgan fingerprint density at radius 1 is 0.564 bits per heavy atom. The van der Waals surface area contributed by atoms with Crippen LogP contribution in [0.3, 0.4) is 0 Å². The van der Waals surface area contributed by atoms with Crippen LogP contribution in [-0.4, -0.2) is 172 Å². The van der Waals surface area contributed by atoms with Gasteiger partial charge >= 0.3 is 0 Å². The third kappa shape index (κ3) is 19.6. The molecule has 27 heteroatoms. The van der Waals surface area contributed by atoms with Gasteiger partial charge < -0.3 is 48.2 Å². The number of amidine groups is 2. The number of allylic oxidation sites excluding steroid dienone is 4. The maximum atomic E-state index is 14.1. The second-order valence-electron chi connectivity index (χ2n) is 25.9. The Labute approximate surface area is 546 Å². The molecule has 0 spiro atoms. The minimum absolute atomic E-state index is 0.00702. The van der Waals surface area contributed by atoms with Crippen molar-refractivity contribution in [2.75, 3.05) is 32.7 Å². The number of ketones is 5. The number of imide groups is 2. The van der Waals surface area contributed by atoms with Crippen molar-refractivity contribution >= 4 is 99.7 Å². The number of nitrogens with two attached hydrogens (primary N) is 2. The molecule has 7 aliphatic rings. The highest BCUT2D eigenvalue weighted by Crippen LogP contribution is 2.53. The molecule has 0 aromatic heterocycles. The molecular formula is C67H90N12O15. The van der Waals surface area contributed by atoms with Crippen molar-refractivity contribution in [2.45, 2.75) is 168 Å². The number of Topliss-reactive ketones (excluding diaryl/α,β-unsaturated/α-hetero) is 5. The van der Waals surface area contributed by atoms with Crippen molar-refractivity contribution < 1.29 is 71.9 Å². The fourth-order valence-corrected chi connectivity index (χ4v) is 13.8. The molecule has 3 aliphatic heterocycles. The first-order valence-corrected chi connectivity index (χ1v) is 32.7. The molecule has 1 aromatic rings. The van der Waals surface area contributed by atoms with Crippen LogP contribution in [0, 0.1) is 53.3 Å². The predicted octanol–water partition coefficient (Wildman–Crippen LogP) is 0.730. The number of aliphatic imine (C=N–C) groups is 2. The summed E-state index contributed by atoms with van der Waals surface area (Å²) in [5.41, 5.74) is 11.9. The molecule has 0 radical (unpaired) electrons. The van der Waals surface area contributed by atoms with Gasteiger partial charge in [0.1, 0.15) is 35.5 Å². The summed E-state index contributed by atoms with van der Waals surface area (Å²) in [5, 5.41) is 15.8. The zero-order chi connectivity index (χ0) is 68.5. The van der Waals surface area contributed by atoms with E-state index in [-0.39, 0.29) is 166 Å². The molecule has 94 heavy (non-hydrogen) atoms. The summed E-state index contributed by atoms with van der Waals surface area (Å²) in [6.45, 7) is 7.40. The van der Waals surface area contributed by atoms with E-state index in [9.17, 15) is 71.9 Å². The lowest BCUT2D eigenvalue weighted by atomic mass is 9.85. The standard InChI is InChI=1S/C39H51N7O8.C28H39N5O7/c1-22(47)17-29-36(51)45-30(18-24-9-4-3-5-10-24)37(52)44-28(12-6-7-16-46-38(53)33-25-13-14-26(19-25)34(33)39(46)54)31(48)20-27(11-8-15-41-23(2)40)35(50)42-21-32(49)43-29;1-15(34)6-9-22(36)21(13-16(2)35)32-26(38)20(5-4-11-30-17(3)29)31-23(37)10-12-33-27(39)24-18-7-8-19(14-18)25(24)28(33)40/h3-5,9-10,13-14,25-30,33-34H,6-8,11-12,15-21H2,1-2H3,(H2,40,41)(H,42,50)(H,43,49)(H,44,52)(H,45,51);7-8,18-21,24-25H,4-6,9-14H2,1-3H3,(H2,29,30)(H,31,37)(H,32,38)/t25-,26?,27-,28+,29?,30-,33?,34?;18-,19?,20+,21+,24?,25?/m11/s1. The Balaban J connectivity index is 0.000000278. The van der Waals surface area contributed by atoms with Crippen LogP contribution < -0.4 is 43.4 Å². The highest BCUT2D eigenvalue weighted by atomic mass is 16.2. The number of nitrogens with one attached hydrogen (secondary N) is 6. The molecule has 1 aromatic carbocycles. The average molecular weight is 1300 g/mol. The number of hydrogen-bond donors (Lipinski definition) is 8. The van der Waals surface area contributed by atoms with E-state index in [4.69, 9.17) is 11.5 Å². The van der Waals surface area contributed by atoms with Gasteiger partial charge in [-0.25, -0.2) is 0 Å². The van der Waals surface area contributed by atoms with E-state index >= 15 is 0 Å². The fourth-order valence-electron chi connectivity index (χ4n) is 13.8. The number of nitrogens with zero attached hydrogens (tertiary/aromatic N) is 4. The van der Waals surface area contributed by atoms with Gasteiger partial charge in [-0.05, 0) is 122 Å². The van der Waals surface area contributed by atoms with E-state index in [1.54, 1.807) is 44.2 Å². The highest BCUT2D eigenvalue weighted by molar-refractivity contribution is 6.08. The number of benzene rings is 1. The van der Waals surface area contributed by atoms with Gasteiger partial charge in [-0.3, -0.25) is 86.9 Å². The van der Waals surface area contributed by atoms with Crippen LogP contribution in [0.25, 0.3) is 0 Å². The number of rotatable bonds is 29. The molecule has 10 N–H and O–H groups in total. The number of hydrogen-bond acceptors (Lipinski definition) is 17. The third-order valence-electron chi connectivity index (χ3n) is 18.5. The van der Waals surface area contributed by atoms with Crippen molar-refractivity contribution in [1.82, 2.24) is 41.7 Å².